The van der Waals surface area contributed by atoms with Gasteiger partial charge in [-0.2, -0.15) is 0 Å². The third-order valence-electron chi connectivity index (χ3n) is 2.23. The lowest BCUT2D eigenvalue weighted by molar-refractivity contribution is -0.135. The third kappa shape index (κ3) is 3.97. The van der Waals surface area contributed by atoms with Gasteiger partial charge >= 0.3 is 5.97 Å². The summed E-state index contributed by atoms with van der Waals surface area (Å²) in [6.07, 6.45) is 9.04. The van der Waals surface area contributed by atoms with Crippen LogP contribution in [-0.4, -0.2) is 19.2 Å². The molecule has 0 aliphatic heterocycles. The predicted octanol–water partition coefficient (Wildman–Crippen LogP) is 2.02. The maximum atomic E-state index is 10.7. The lowest BCUT2D eigenvalue weighted by Gasteiger charge is -2.20. The van der Waals surface area contributed by atoms with E-state index in [4.69, 9.17) is 4.74 Å². The van der Waals surface area contributed by atoms with Crippen molar-refractivity contribution in [2.75, 3.05) is 7.11 Å². The van der Waals surface area contributed by atoms with E-state index >= 15 is 0 Å². The van der Waals surface area contributed by atoms with Gasteiger partial charge in [-0.05, 0) is 25.7 Å². The Balaban J connectivity index is 2.16. The standard InChI is InChI=1S/C10H16O3/c1-12-10(11)7-8-13-9-5-3-2-4-6-9/h7-9H,2-6H2,1H3. The van der Waals surface area contributed by atoms with E-state index in [9.17, 15) is 4.79 Å². The molecular weight excluding hydrogens is 168 g/mol. The van der Waals surface area contributed by atoms with Crippen molar-refractivity contribution in [3.8, 4) is 0 Å². The Morgan fingerprint density at radius 1 is 1.31 bits per heavy atom. The average molecular weight is 184 g/mol. The normalized spacial score (nSPS) is 18.8. The number of methoxy groups -OCH3 is 1. The monoisotopic (exact) mass is 184 g/mol. The van der Waals surface area contributed by atoms with Gasteiger partial charge in [0, 0.05) is 0 Å². The topological polar surface area (TPSA) is 35.5 Å². The van der Waals surface area contributed by atoms with Crippen LogP contribution in [0.25, 0.3) is 0 Å². The zero-order chi connectivity index (χ0) is 9.52. The number of hydrogen-bond acceptors (Lipinski definition) is 3. The molecule has 0 atom stereocenters. The maximum absolute atomic E-state index is 10.7. The first-order chi connectivity index (χ1) is 6.33. The van der Waals surface area contributed by atoms with E-state index < -0.39 is 0 Å². The Morgan fingerprint density at radius 2 is 2.00 bits per heavy atom. The lowest BCUT2D eigenvalue weighted by atomic mass is 9.98. The molecule has 1 saturated carbocycles. The SMILES string of the molecule is COC(=O)C=COC1CCCCC1. The minimum atomic E-state index is -0.365. The number of esters is 1. The molecule has 0 aromatic heterocycles. The fourth-order valence-electron chi connectivity index (χ4n) is 1.48. The van der Waals surface area contributed by atoms with Crippen molar-refractivity contribution >= 4 is 5.97 Å². The lowest BCUT2D eigenvalue weighted by Crippen LogP contribution is -2.13. The largest absolute Gasteiger partial charge is 0.498 e. The molecule has 0 spiro atoms. The van der Waals surface area contributed by atoms with Crippen LogP contribution in [0.15, 0.2) is 12.3 Å². The van der Waals surface area contributed by atoms with E-state index in [1.165, 1.54) is 38.7 Å². The van der Waals surface area contributed by atoms with Crippen molar-refractivity contribution in [3.05, 3.63) is 12.3 Å². The smallest absolute Gasteiger partial charge is 0.333 e. The average Bonchev–Trinajstić information content (AvgIpc) is 2.19. The summed E-state index contributed by atoms with van der Waals surface area (Å²) in [5.74, 6) is -0.365. The Labute approximate surface area is 78.7 Å². The molecule has 74 valence electrons. The summed E-state index contributed by atoms with van der Waals surface area (Å²) >= 11 is 0. The number of rotatable bonds is 3. The molecule has 0 radical (unpaired) electrons. The minimum Gasteiger partial charge on any atom is -0.498 e. The number of hydrogen-bond donors (Lipinski definition) is 0. The molecule has 1 fully saturated rings. The van der Waals surface area contributed by atoms with E-state index in [1.807, 2.05) is 0 Å². The first-order valence-electron chi connectivity index (χ1n) is 4.73. The molecule has 1 aliphatic rings. The molecule has 13 heavy (non-hydrogen) atoms. The van der Waals surface area contributed by atoms with Crippen LogP contribution in [0.3, 0.4) is 0 Å². The quantitative estimate of drug-likeness (QED) is 0.382. The molecule has 0 bridgehead atoms. The van der Waals surface area contributed by atoms with Crippen molar-refractivity contribution in [2.45, 2.75) is 38.2 Å². The molecule has 0 aromatic carbocycles. The zero-order valence-corrected chi connectivity index (χ0v) is 7.99. The van der Waals surface area contributed by atoms with E-state index in [1.54, 1.807) is 0 Å². The van der Waals surface area contributed by atoms with Crippen molar-refractivity contribution in [1.29, 1.82) is 0 Å². The van der Waals surface area contributed by atoms with Crippen molar-refractivity contribution in [2.24, 2.45) is 0 Å². The fourth-order valence-corrected chi connectivity index (χ4v) is 1.48. The van der Waals surface area contributed by atoms with Gasteiger partial charge in [0.25, 0.3) is 0 Å². The summed E-state index contributed by atoms with van der Waals surface area (Å²) in [6.45, 7) is 0. The highest BCUT2D eigenvalue weighted by atomic mass is 16.5. The van der Waals surface area contributed by atoms with Gasteiger partial charge in [-0.1, -0.05) is 6.42 Å². The summed E-state index contributed by atoms with van der Waals surface area (Å²) in [5.41, 5.74) is 0. The van der Waals surface area contributed by atoms with E-state index in [0.29, 0.717) is 6.10 Å². The van der Waals surface area contributed by atoms with Crippen LogP contribution in [0.1, 0.15) is 32.1 Å². The molecule has 0 N–H and O–H groups in total. The van der Waals surface area contributed by atoms with Crippen LogP contribution < -0.4 is 0 Å². The van der Waals surface area contributed by atoms with Crippen LogP contribution in [0.2, 0.25) is 0 Å². The van der Waals surface area contributed by atoms with Crippen molar-refractivity contribution < 1.29 is 14.3 Å². The van der Waals surface area contributed by atoms with Gasteiger partial charge in [-0.3, -0.25) is 0 Å². The van der Waals surface area contributed by atoms with Crippen LogP contribution in [-0.2, 0) is 14.3 Å². The maximum Gasteiger partial charge on any atom is 0.333 e. The van der Waals surface area contributed by atoms with Gasteiger partial charge in [-0.15, -0.1) is 0 Å². The Hall–Kier alpha value is -0.990. The van der Waals surface area contributed by atoms with Crippen LogP contribution in [0.5, 0.6) is 0 Å². The predicted molar refractivity (Wildman–Crippen MR) is 49.1 cm³/mol. The van der Waals surface area contributed by atoms with Gasteiger partial charge in [0.05, 0.1) is 25.6 Å². The molecular formula is C10H16O3. The summed E-state index contributed by atoms with van der Waals surface area (Å²) in [7, 11) is 1.35. The molecule has 0 aromatic rings. The Bertz CT molecular complexity index is 181. The molecule has 0 amide bonds. The highest BCUT2D eigenvalue weighted by Crippen LogP contribution is 2.20. The second-order valence-corrected chi connectivity index (χ2v) is 3.22. The molecule has 3 nitrogen and oxygen atoms in total. The Kier molecular flexibility index (Phi) is 4.36. The van der Waals surface area contributed by atoms with Gasteiger partial charge in [0.15, 0.2) is 0 Å². The highest BCUT2D eigenvalue weighted by molar-refractivity contribution is 5.81. The summed E-state index contributed by atoms with van der Waals surface area (Å²) < 4.78 is 9.81. The molecule has 0 heterocycles. The Morgan fingerprint density at radius 3 is 2.62 bits per heavy atom. The molecule has 1 aliphatic carbocycles. The fraction of sp³-hybridized carbons (Fsp3) is 0.700. The van der Waals surface area contributed by atoms with Gasteiger partial charge in [0.1, 0.15) is 0 Å². The summed E-state index contributed by atoms with van der Waals surface area (Å²) in [5, 5.41) is 0. The summed E-state index contributed by atoms with van der Waals surface area (Å²) in [4.78, 5) is 10.7. The van der Waals surface area contributed by atoms with E-state index in [2.05, 4.69) is 4.74 Å². The zero-order valence-electron chi connectivity index (χ0n) is 7.99. The summed E-state index contributed by atoms with van der Waals surface area (Å²) in [6, 6.07) is 0. The molecule has 3 heteroatoms. The van der Waals surface area contributed by atoms with Crippen molar-refractivity contribution in [1.82, 2.24) is 0 Å². The minimum absolute atomic E-state index is 0.301. The first-order valence-corrected chi connectivity index (χ1v) is 4.73. The second kappa shape index (κ2) is 5.62. The molecule has 0 unspecified atom stereocenters. The van der Waals surface area contributed by atoms with Crippen LogP contribution in [0, 0.1) is 0 Å². The second-order valence-electron chi connectivity index (χ2n) is 3.22. The van der Waals surface area contributed by atoms with Crippen molar-refractivity contribution in [3.63, 3.8) is 0 Å². The van der Waals surface area contributed by atoms with E-state index in [-0.39, 0.29) is 5.97 Å². The highest BCUT2D eigenvalue weighted by Gasteiger charge is 2.12. The molecule has 0 saturated heterocycles. The number of carbonyl (C=O) groups is 1. The van der Waals surface area contributed by atoms with Gasteiger partial charge < -0.3 is 9.47 Å². The first kappa shape index (κ1) is 10.1. The number of ether oxygens (including phenoxy) is 2. The third-order valence-corrected chi connectivity index (χ3v) is 2.23. The van der Waals surface area contributed by atoms with E-state index in [0.717, 1.165) is 12.8 Å². The van der Waals surface area contributed by atoms with Gasteiger partial charge in [-0.25, -0.2) is 4.79 Å². The van der Waals surface area contributed by atoms with Gasteiger partial charge in [0.2, 0.25) is 0 Å². The van der Waals surface area contributed by atoms with Crippen LogP contribution in [0.4, 0.5) is 0 Å². The number of carbonyl (C=O) groups excluding carboxylic acids is 1. The molecule has 1 rings (SSSR count). The van der Waals surface area contributed by atoms with Crippen LogP contribution >= 0.6 is 0 Å².